The first-order valence-corrected chi connectivity index (χ1v) is 7.95. The smallest absolute Gasteiger partial charge is 0.239 e. The molecule has 0 aromatic carbocycles. The summed E-state index contributed by atoms with van der Waals surface area (Å²) < 4.78 is 0. The van der Waals surface area contributed by atoms with Crippen LogP contribution in [0.5, 0.6) is 0 Å². The second-order valence-electron chi connectivity index (χ2n) is 6.62. The minimum absolute atomic E-state index is 0.122. The van der Waals surface area contributed by atoms with Crippen molar-refractivity contribution in [3.8, 4) is 0 Å². The van der Waals surface area contributed by atoms with Gasteiger partial charge in [-0.2, -0.15) is 0 Å². The van der Waals surface area contributed by atoms with Crippen LogP contribution in [0.15, 0.2) is 0 Å². The molecule has 3 saturated heterocycles. The molecule has 4 nitrogen and oxygen atoms in total. The summed E-state index contributed by atoms with van der Waals surface area (Å²) in [7, 11) is 2.21. The highest BCUT2D eigenvalue weighted by Gasteiger charge is 2.35. The van der Waals surface area contributed by atoms with Crippen molar-refractivity contribution in [2.24, 2.45) is 11.8 Å². The summed E-state index contributed by atoms with van der Waals surface area (Å²) in [6, 6.07) is 0.122. The Morgan fingerprint density at radius 2 is 1.79 bits per heavy atom. The van der Waals surface area contributed by atoms with Crippen molar-refractivity contribution in [1.29, 1.82) is 0 Å². The van der Waals surface area contributed by atoms with Gasteiger partial charge in [0.1, 0.15) is 0 Å². The van der Waals surface area contributed by atoms with Crippen LogP contribution in [-0.4, -0.2) is 61.5 Å². The topological polar surface area (TPSA) is 35.6 Å². The molecule has 3 aliphatic heterocycles. The van der Waals surface area contributed by atoms with Gasteiger partial charge in [0.15, 0.2) is 0 Å². The molecule has 0 aromatic heterocycles. The van der Waals surface area contributed by atoms with E-state index >= 15 is 0 Å². The first kappa shape index (κ1) is 13.4. The summed E-state index contributed by atoms with van der Waals surface area (Å²) in [4.78, 5) is 16.9. The van der Waals surface area contributed by atoms with Crippen molar-refractivity contribution in [2.75, 3.05) is 39.8 Å². The predicted molar refractivity (Wildman–Crippen MR) is 75.9 cm³/mol. The predicted octanol–water partition coefficient (Wildman–Crippen LogP) is 0.929. The Bertz CT molecular complexity index is 319. The first-order chi connectivity index (χ1) is 9.24. The van der Waals surface area contributed by atoms with E-state index in [1.165, 1.54) is 32.4 Å². The molecule has 3 aliphatic rings. The van der Waals surface area contributed by atoms with Gasteiger partial charge in [0.25, 0.3) is 0 Å². The molecule has 0 radical (unpaired) electrons. The van der Waals surface area contributed by atoms with Gasteiger partial charge in [-0.25, -0.2) is 0 Å². The summed E-state index contributed by atoms with van der Waals surface area (Å²) >= 11 is 0. The maximum absolute atomic E-state index is 12.4. The van der Waals surface area contributed by atoms with Crippen LogP contribution < -0.4 is 5.32 Å². The summed E-state index contributed by atoms with van der Waals surface area (Å²) in [6.45, 7) is 5.50. The lowest BCUT2D eigenvalue weighted by Gasteiger charge is -2.32. The molecule has 0 bridgehead atoms. The van der Waals surface area contributed by atoms with Gasteiger partial charge in [-0.1, -0.05) is 0 Å². The zero-order valence-corrected chi connectivity index (χ0v) is 12.1. The molecular formula is C15H27N3O. The van der Waals surface area contributed by atoms with Crippen LogP contribution in [0, 0.1) is 11.8 Å². The van der Waals surface area contributed by atoms with Crippen molar-refractivity contribution >= 4 is 5.91 Å². The lowest BCUT2D eigenvalue weighted by Crippen LogP contribution is -2.43. The second-order valence-corrected chi connectivity index (χ2v) is 6.62. The quantitative estimate of drug-likeness (QED) is 0.807. The molecule has 0 spiro atoms. The van der Waals surface area contributed by atoms with Crippen LogP contribution in [0.2, 0.25) is 0 Å². The van der Waals surface area contributed by atoms with E-state index in [2.05, 4.69) is 22.2 Å². The van der Waals surface area contributed by atoms with Crippen molar-refractivity contribution < 1.29 is 4.79 Å². The third kappa shape index (κ3) is 2.95. The summed E-state index contributed by atoms with van der Waals surface area (Å²) in [5, 5.41) is 3.34. The molecule has 0 aliphatic carbocycles. The number of piperidine rings is 1. The molecule has 3 fully saturated rings. The number of amides is 1. The van der Waals surface area contributed by atoms with Gasteiger partial charge in [0, 0.05) is 13.1 Å². The van der Waals surface area contributed by atoms with E-state index < -0.39 is 0 Å². The highest BCUT2D eigenvalue weighted by atomic mass is 16.2. The van der Waals surface area contributed by atoms with E-state index in [1.807, 2.05) is 0 Å². The molecule has 3 rings (SSSR count). The maximum atomic E-state index is 12.4. The summed E-state index contributed by atoms with van der Waals surface area (Å²) in [5.41, 5.74) is 0. The number of hydrogen-bond acceptors (Lipinski definition) is 3. The number of nitrogens with one attached hydrogen (secondary N) is 1. The monoisotopic (exact) mass is 265 g/mol. The van der Waals surface area contributed by atoms with Crippen molar-refractivity contribution in [2.45, 2.75) is 38.1 Å². The number of carbonyl (C=O) groups is 1. The molecule has 1 N–H and O–H groups in total. The molecule has 108 valence electrons. The second kappa shape index (κ2) is 5.80. The first-order valence-electron chi connectivity index (χ1n) is 7.95. The van der Waals surface area contributed by atoms with Gasteiger partial charge >= 0.3 is 0 Å². The van der Waals surface area contributed by atoms with Crippen LogP contribution in [-0.2, 0) is 4.79 Å². The van der Waals surface area contributed by atoms with Gasteiger partial charge < -0.3 is 15.1 Å². The van der Waals surface area contributed by atoms with E-state index in [4.69, 9.17) is 0 Å². The number of nitrogens with zero attached hydrogens (tertiary/aromatic N) is 2. The maximum Gasteiger partial charge on any atom is 0.239 e. The number of likely N-dealkylation sites (tertiary alicyclic amines) is 2. The van der Waals surface area contributed by atoms with Crippen LogP contribution in [0.1, 0.15) is 32.1 Å². The Morgan fingerprint density at radius 3 is 2.47 bits per heavy atom. The molecular weight excluding hydrogens is 238 g/mol. The number of rotatable bonds is 2. The molecule has 2 atom stereocenters. The van der Waals surface area contributed by atoms with Crippen LogP contribution in [0.25, 0.3) is 0 Å². The van der Waals surface area contributed by atoms with E-state index in [9.17, 15) is 4.79 Å². The molecule has 1 amide bonds. The molecule has 0 aromatic rings. The minimum atomic E-state index is 0.122. The van der Waals surface area contributed by atoms with Gasteiger partial charge in [-0.3, -0.25) is 4.79 Å². The largest absolute Gasteiger partial charge is 0.341 e. The standard InChI is InChI=1S/C15H27N3O/c1-17-8-4-12(5-9-17)13-6-10-18(11-13)15(19)14-3-2-7-16-14/h12-14,16H,2-11H2,1H3. The van der Waals surface area contributed by atoms with Crippen molar-refractivity contribution in [3.05, 3.63) is 0 Å². The summed E-state index contributed by atoms with van der Waals surface area (Å²) in [6.07, 6.45) is 6.07. The molecule has 4 heteroatoms. The Kier molecular flexibility index (Phi) is 4.08. The highest BCUT2D eigenvalue weighted by molar-refractivity contribution is 5.82. The third-order valence-corrected chi connectivity index (χ3v) is 5.32. The number of carbonyl (C=O) groups excluding carboxylic acids is 1. The van der Waals surface area contributed by atoms with Gasteiger partial charge in [0.2, 0.25) is 5.91 Å². The average molecular weight is 265 g/mol. The van der Waals surface area contributed by atoms with Crippen LogP contribution >= 0.6 is 0 Å². The fourth-order valence-electron chi connectivity index (χ4n) is 3.99. The zero-order valence-electron chi connectivity index (χ0n) is 12.1. The Labute approximate surface area is 116 Å². The van der Waals surface area contributed by atoms with E-state index in [1.54, 1.807) is 0 Å². The van der Waals surface area contributed by atoms with Crippen molar-refractivity contribution in [3.63, 3.8) is 0 Å². The SMILES string of the molecule is CN1CCC(C2CCN(C(=O)C3CCCN3)C2)CC1. The van der Waals surface area contributed by atoms with Gasteiger partial charge in [0.05, 0.1) is 6.04 Å². The lowest BCUT2D eigenvalue weighted by molar-refractivity contribution is -0.132. The van der Waals surface area contributed by atoms with E-state index in [0.29, 0.717) is 5.91 Å². The Hall–Kier alpha value is -0.610. The van der Waals surface area contributed by atoms with Crippen molar-refractivity contribution in [1.82, 2.24) is 15.1 Å². The minimum Gasteiger partial charge on any atom is -0.341 e. The normalized spacial score (nSPS) is 34.1. The molecule has 3 heterocycles. The van der Waals surface area contributed by atoms with Crippen LogP contribution in [0.4, 0.5) is 0 Å². The van der Waals surface area contributed by atoms with Crippen LogP contribution in [0.3, 0.4) is 0 Å². The lowest BCUT2D eigenvalue weighted by atomic mass is 9.84. The average Bonchev–Trinajstić information content (AvgIpc) is 3.10. The zero-order chi connectivity index (χ0) is 13.2. The molecule has 0 saturated carbocycles. The highest BCUT2D eigenvalue weighted by Crippen LogP contribution is 2.32. The summed E-state index contributed by atoms with van der Waals surface area (Å²) in [5.74, 6) is 1.98. The van der Waals surface area contributed by atoms with E-state index in [0.717, 1.165) is 44.3 Å². The molecule has 2 unspecified atom stereocenters. The fourth-order valence-corrected chi connectivity index (χ4v) is 3.99. The van der Waals surface area contributed by atoms with E-state index in [-0.39, 0.29) is 6.04 Å². The third-order valence-electron chi connectivity index (χ3n) is 5.32. The number of hydrogen-bond donors (Lipinski definition) is 1. The Balaban J connectivity index is 1.50. The fraction of sp³-hybridized carbons (Fsp3) is 0.933. The van der Waals surface area contributed by atoms with Gasteiger partial charge in [-0.05, 0) is 70.6 Å². The molecule has 19 heavy (non-hydrogen) atoms. The Morgan fingerprint density at radius 1 is 1.05 bits per heavy atom. The van der Waals surface area contributed by atoms with Gasteiger partial charge in [-0.15, -0.1) is 0 Å².